The van der Waals surface area contributed by atoms with Crippen molar-refractivity contribution in [1.29, 1.82) is 0 Å². The van der Waals surface area contributed by atoms with Crippen LogP contribution in [0, 0.1) is 0 Å². The molecule has 54 valence electrons. The molecule has 0 rings (SSSR count). The number of carbonyl (C=O) groups is 1. The van der Waals surface area contributed by atoms with E-state index in [0.29, 0.717) is 6.61 Å². The summed E-state index contributed by atoms with van der Waals surface area (Å²) >= 11 is 0. The van der Waals surface area contributed by atoms with Gasteiger partial charge in [0.05, 0.1) is 6.61 Å². The van der Waals surface area contributed by atoms with Crippen LogP contribution in [0.15, 0.2) is 0 Å². The number of hydrogen-bond donors (Lipinski definition) is 3. The lowest BCUT2D eigenvalue weighted by atomic mass is 10.7. The molecule has 5 nitrogen and oxygen atoms in total. The first kappa shape index (κ1) is 8.35. The van der Waals surface area contributed by atoms with E-state index in [9.17, 15) is 4.79 Å². The summed E-state index contributed by atoms with van der Waals surface area (Å²) in [5.74, 6) is 4.48. The van der Waals surface area contributed by atoms with Crippen LogP contribution in [-0.2, 0) is 9.53 Å². The number of ether oxygens (including phenoxy) is 1. The highest BCUT2D eigenvalue weighted by molar-refractivity contribution is 5.71. The first-order valence-corrected chi connectivity index (χ1v) is 2.65. The quantitative estimate of drug-likeness (QED) is 0.247. The van der Waals surface area contributed by atoms with Crippen LogP contribution in [0.5, 0.6) is 0 Å². The van der Waals surface area contributed by atoms with Gasteiger partial charge in [-0.25, -0.2) is 5.43 Å². The van der Waals surface area contributed by atoms with Crippen LogP contribution in [0.3, 0.4) is 0 Å². The van der Waals surface area contributed by atoms with E-state index in [4.69, 9.17) is 5.84 Å². The van der Waals surface area contributed by atoms with Gasteiger partial charge >= 0.3 is 5.97 Å². The SMILES string of the molecule is CCOC(=O)CNNN. The second kappa shape index (κ2) is 5.49. The molecule has 0 saturated carbocycles. The molecule has 0 aromatic heterocycles. The lowest BCUT2D eigenvalue weighted by Crippen LogP contribution is -2.41. The van der Waals surface area contributed by atoms with E-state index < -0.39 is 0 Å². The van der Waals surface area contributed by atoms with Crippen LogP contribution >= 0.6 is 0 Å². The molecule has 0 aliphatic rings. The maximum Gasteiger partial charge on any atom is 0.321 e. The number of esters is 1. The molecule has 0 aliphatic heterocycles. The highest BCUT2D eigenvalue weighted by atomic mass is 16.5. The number of nitrogens with two attached hydrogens (primary N) is 1. The van der Waals surface area contributed by atoms with E-state index in [0.717, 1.165) is 0 Å². The summed E-state index contributed by atoms with van der Waals surface area (Å²) in [4.78, 5) is 10.4. The van der Waals surface area contributed by atoms with E-state index in [1.54, 1.807) is 6.92 Å². The second-order valence-electron chi connectivity index (χ2n) is 1.30. The molecule has 0 spiro atoms. The monoisotopic (exact) mass is 133 g/mol. The van der Waals surface area contributed by atoms with E-state index in [1.165, 1.54) is 0 Å². The lowest BCUT2D eigenvalue weighted by molar-refractivity contribution is -0.142. The fourth-order valence-corrected chi connectivity index (χ4v) is 0.335. The molecule has 0 aromatic carbocycles. The predicted molar refractivity (Wildman–Crippen MR) is 32.0 cm³/mol. The Morgan fingerprint density at radius 1 is 1.78 bits per heavy atom. The molecular formula is C4H11N3O2. The maximum absolute atomic E-state index is 10.4. The standard InChI is InChI=1S/C4H11N3O2/c1-2-9-4(8)3-6-7-5/h6-7H,2-3,5H2,1H3. The largest absolute Gasteiger partial charge is 0.465 e. The van der Waals surface area contributed by atoms with Gasteiger partial charge in [-0.15, -0.1) is 0 Å². The van der Waals surface area contributed by atoms with Crippen molar-refractivity contribution in [3.05, 3.63) is 0 Å². The van der Waals surface area contributed by atoms with Gasteiger partial charge in [0, 0.05) is 0 Å². The Hall–Kier alpha value is -0.650. The number of hydrogen-bond acceptors (Lipinski definition) is 5. The lowest BCUT2D eigenvalue weighted by Gasteiger charge is -2.00. The van der Waals surface area contributed by atoms with E-state index in [1.807, 2.05) is 0 Å². The van der Waals surface area contributed by atoms with Crippen LogP contribution in [0.4, 0.5) is 0 Å². The van der Waals surface area contributed by atoms with Gasteiger partial charge in [-0.3, -0.25) is 10.6 Å². The predicted octanol–water partition coefficient (Wildman–Crippen LogP) is -1.48. The van der Waals surface area contributed by atoms with Gasteiger partial charge < -0.3 is 4.74 Å². The van der Waals surface area contributed by atoms with Gasteiger partial charge in [0.15, 0.2) is 0 Å². The van der Waals surface area contributed by atoms with Gasteiger partial charge in [-0.2, -0.15) is 5.53 Å². The van der Waals surface area contributed by atoms with Crippen molar-refractivity contribution in [2.45, 2.75) is 6.92 Å². The summed E-state index contributed by atoms with van der Waals surface area (Å²) in [5, 5.41) is 0. The Bertz CT molecular complexity index is 85.9. The highest BCUT2D eigenvalue weighted by Crippen LogP contribution is 1.71. The van der Waals surface area contributed by atoms with Crippen molar-refractivity contribution in [3.8, 4) is 0 Å². The molecule has 0 atom stereocenters. The third-order valence-electron chi connectivity index (χ3n) is 0.640. The van der Waals surface area contributed by atoms with Gasteiger partial charge in [0.1, 0.15) is 6.54 Å². The third-order valence-corrected chi connectivity index (χ3v) is 0.640. The van der Waals surface area contributed by atoms with E-state index in [-0.39, 0.29) is 12.5 Å². The molecule has 0 aromatic rings. The normalized spacial score (nSPS) is 9.11. The molecule has 0 saturated heterocycles. The van der Waals surface area contributed by atoms with Crippen LogP contribution in [0.25, 0.3) is 0 Å². The summed E-state index contributed by atoms with van der Waals surface area (Å²) < 4.78 is 4.55. The fourth-order valence-electron chi connectivity index (χ4n) is 0.335. The molecule has 0 heterocycles. The summed E-state index contributed by atoms with van der Waals surface area (Å²) in [5.41, 5.74) is 4.49. The number of nitrogens with one attached hydrogen (secondary N) is 2. The van der Waals surface area contributed by atoms with E-state index >= 15 is 0 Å². The van der Waals surface area contributed by atoms with Crippen molar-refractivity contribution in [2.24, 2.45) is 5.84 Å². The minimum atomic E-state index is -0.324. The van der Waals surface area contributed by atoms with Gasteiger partial charge in [0.25, 0.3) is 0 Å². The number of hydrazine groups is 2. The second-order valence-corrected chi connectivity index (χ2v) is 1.30. The Labute approximate surface area is 53.5 Å². The molecule has 9 heavy (non-hydrogen) atoms. The van der Waals surface area contributed by atoms with Crippen molar-refractivity contribution >= 4 is 5.97 Å². The smallest absolute Gasteiger partial charge is 0.321 e. The molecule has 0 aliphatic carbocycles. The molecule has 0 unspecified atom stereocenters. The van der Waals surface area contributed by atoms with Crippen molar-refractivity contribution in [1.82, 2.24) is 11.0 Å². The molecule has 5 heteroatoms. The van der Waals surface area contributed by atoms with Gasteiger partial charge in [-0.1, -0.05) is 0 Å². The summed E-state index contributed by atoms with van der Waals surface area (Å²) in [6.07, 6.45) is 0. The van der Waals surface area contributed by atoms with Crippen molar-refractivity contribution in [2.75, 3.05) is 13.2 Å². The Morgan fingerprint density at radius 2 is 2.44 bits per heavy atom. The minimum Gasteiger partial charge on any atom is -0.465 e. The minimum absolute atomic E-state index is 0.0876. The highest BCUT2D eigenvalue weighted by Gasteiger charge is 1.96. The average molecular weight is 133 g/mol. The maximum atomic E-state index is 10.4. The molecular weight excluding hydrogens is 122 g/mol. The molecule has 0 radical (unpaired) electrons. The van der Waals surface area contributed by atoms with Gasteiger partial charge in [0.2, 0.25) is 0 Å². The molecule has 0 amide bonds. The van der Waals surface area contributed by atoms with Crippen molar-refractivity contribution in [3.63, 3.8) is 0 Å². The number of rotatable bonds is 4. The summed E-state index contributed by atoms with van der Waals surface area (Å²) in [6.45, 7) is 2.23. The zero-order valence-electron chi connectivity index (χ0n) is 5.31. The fraction of sp³-hybridized carbons (Fsp3) is 0.750. The summed E-state index contributed by atoms with van der Waals surface area (Å²) in [7, 11) is 0. The average Bonchev–Trinajstić information content (AvgIpc) is 1.85. The van der Waals surface area contributed by atoms with Crippen LogP contribution in [0.1, 0.15) is 6.92 Å². The first-order chi connectivity index (χ1) is 4.31. The van der Waals surface area contributed by atoms with Crippen LogP contribution in [0.2, 0.25) is 0 Å². The summed E-state index contributed by atoms with van der Waals surface area (Å²) in [6, 6.07) is 0. The third kappa shape index (κ3) is 5.22. The van der Waals surface area contributed by atoms with Crippen LogP contribution < -0.4 is 16.8 Å². The van der Waals surface area contributed by atoms with E-state index in [2.05, 4.69) is 15.7 Å². The van der Waals surface area contributed by atoms with Crippen LogP contribution in [-0.4, -0.2) is 19.1 Å². The first-order valence-electron chi connectivity index (χ1n) is 2.65. The molecule has 0 bridgehead atoms. The zero-order valence-corrected chi connectivity index (χ0v) is 5.31. The number of carbonyl (C=O) groups excluding carboxylic acids is 1. The Morgan fingerprint density at radius 3 is 2.89 bits per heavy atom. The Kier molecular flexibility index (Phi) is 5.09. The topological polar surface area (TPSA) is 76.4 Å². The van der Waals surface area contributed by atoms with Crippen molar-refractivity contribution < 1.29 is 9.53 Å². The zero-order chi connectivity index (χ0) is 7.11. The Balaban J connectivity index is 3.06. The molecule has 0 fully saturated rings. The van der Waals surface area contributed by atoms with Gasteiger partial charge in [-0.05, 0) is 6.92 Å². The molecule has 4 N–H and O–H groups in total.